The molecule has 4 aromatic rings. The first-order chi connectivity index (χ1) is 14.4. The molecule has 0 aliphatic rings. The molecule has 0 unspecified atom stereocenters. The number of aromatic nitrogens is 1. The quantitative estimate of drug-likeness (QED) is 0.342. The molecule has 0 amide bonds. The molecule has 0 saturated carbocycles. The van der Waals surface area contributed by atoms with Crippen LogP contribution in [0.2, 0.25) is 5.02 Å². The molecular formula is C23H20ClN3O2S. The van der Waals surface area contributed by atoms with Crippen LogP contribution in [0.4, 0.5) is 0 Å². The molecule has 0 spiro atoms. The smallest absolute Gasteiger partial charge is 0.276 e. The third-order valence-corrected chi connectivity index (χ3v) is 6.43. The SMILES string of the molecule is Cc1ccc(S(=O)(=O)NN=Cc2cn(Cc3ccccc3Cl)c3ccccc23)cc1. The van der Waals surface area contributed by atoms with Crippen molar-refractivity contribution in [2.75, 3.05) is 0 Å². The van der Waals surface area contributed by atoms with Gasteiger partial charge in [-0.15, -0.1) is 0 Å². The molecule has 0 aliphatic heterocycles. The Labute approximate surface area is 180 Å². The van der Waals surface area contributed by atoms with Gasteiger partial charge in [0.1, 0.15) is 0 Å². The Hall–Kier alpha value is -3.09. The number of nitrogens with zero attached hydrogens (tertiary/aromatic N) is 2. The lowest BCUT2D eigenvalue weighted by Gasteiger charge is -2.07. The first-order valence-corrected chi connectivity index (χ1v) is 11.2. The van der Waals surface area contributed by atoms with E-state index in [1.807, 2.05) is 61.7 Å². The van der Waals surface area contributed by atoms with Crippen molar-refractivity contribution in [2.45, 2.75) is 18.4 Å². The van der Waals surface area contributed by atoms with Crippen LogP contribution in [0.1, 0.15) is 16.7 Å². The maximum absolute atomic E-state index is 12.4. The van der Waals surface area contributed by atoms with E-state index in [-0.39, 0.29) is 4.90 Å². The number of rotatable bonds is 6. The van der Waals surface area contributed by atoms with Gasteiger partial charge in [0.05, 0.1) is 11.1 Å². The molecule has 1 N–H and O–H groups in total. The van der Waals surface area contributed by atoms with Crippen LogP contribution >= 0.6 is 11.6 Å². The summed E-state index contributed by atoms with van der Waals surface area (Å²) in [5.74, 6) is 0. The Balaban J connectivity index is 1.61. The second-order valence-electron chi connectivity index (χ2n) is 6.99. The van der Waals surface area contributed by atoms with E-state index < -0.39 is 10.0 Å². The zero-order chi connectivity index (χ0) is 21.1. The van der Waals surface area contributed by atoms with Gasteiger partial charge < -0.3 is 4.57 Å². The fraction of sp³-hybridized carbons (Fsp3) is 0.0870. The van der Waals surface area contributed by atoms with Crippen LogP contribution < -0.4 is 4.83 Å². The Morgan fingerprint density at radius 1 is 1.00 bits per heavy atom. The molecule has 1 aromatic heterocycles. The summed E-state index contributed by atoms with van der Waals surface area (Å²) in [5, 5.41) is 5.68. The van der Waals surface area contributed by atoms with Gasteiger partial charge in [-0.3, -0.25) is 0 Å². The summed E-state index contributed by atoms with van der Waals surface area (Å²) < 4.78 is 26.9. The molecule has 0 radical (unpaired) electrons. The molecule has 3 aromatic carbocycles. The predicted molar refractivity (Wildman–Crippen MR) is 122 cm³/mol. The zero-order valence-corrected chi connectivity index (χ0v) is 17.9. The number of fused-ring (bicyclic) bond motifs is 1. The van der Waals surface area contributed by atoms with Crippen LogP contribution in [0.15, 0.2) is 89.0 Å². The standard InChI is InChI=1S/C23H20ClN3O2S/c1-17-10-12-20(13-11-17)30(28,29)26-25-14-19-16-27(23-9-5-3-7-21(19)23)15-18-6-2-4-8-22(18)24/h2-14,16,26H,15H2,1H3. The van der Waals surface area contributed by atoms with Gasteiger partial charge in [-0.2, -0.15) is 13.5 Å². The van der Waals surface area contributed by atoms with Gasteiger partial charge in [0.2, 0.25) is 0 Å². The van der Waals surface area contributed by atoms with Gasteiger partial charge >= 0.3 is 0 Å². The van der Waals surface area contributed by atoms with Gasteiger partial charge in [-0.25, -0.2) is 4.83 Å². The van der Waals surface area contributed by atoms with Crippen LogP contribution in [0.3, 0.4) is 0 Å². The summed E-state index contributed by atoms with van der Waals surface area (Å²) in [6, 6.07) is 22.2. The van der Waals surface area contributed by atoms with Gasteiger partial charge in [-0.1, -0.05) is 65.7 Å². The first kappa shape index (κ1) is 20.2. The minimum atomic E-state index is -3.72. The van der Waals surface area contributed by atoms with Crippen molar-refractivity contribution in [1.82, 2.24) is 9.40 Å². The third kappa shape index (κ3) is 4.25. The number of halogens is 1. The number of hydrogen-bond donors (Lipinski definition) is 1. The number of sulfonamides is 1. The highest BCUT2D eigenvalue weighted by atomic mass is 35.5. The molecule has 7 heteroatoms. The second kappa shape index (κ2) is 8.34. The second-order valence-corrected chi connectivity index (χ2v) is 9.05. The Kier molecular flexibility index (Phi) is 5.61. The average molecular weight is 438 g/mol. The first-order valence-electron chi connectivity index (χ1n) is 9.37. The maximum Gasteiger partial charge on any atom is 0.276 e. The largest absolute Gasteiger partial charge is 0.342 e. The molecule has 30 heavy (non-hydrogen) atoms. The number of nitrogens with one attached hydrogen (secondary N) is 1. The summed E-state index contributed by atoms with van der Waals surface area (Å²) in [6.07, 6.45) is 3.47. The third-order valence-electron chi connectivity index (χ3n) is 4.83. The molecular weight excluding hydrogens is 418 g/mol. The molecule has 0 aliphatic carbocycles. The van der Waals surface area contributed by atoms with E-state index in [0.717, 1.165) is 27.6 Å². The van der Waals surface area contributed by atoms with Crippen molar-refractivity contribution < 1.29 is 8.42 Å². The van der Waals surface area contributed by atoms with Crippen molar-refractivity contribution in [1.29, 1.82) is 0 Å². The van der Waals surface area contributed by atoms with E-state index in [9.17, 15) is 8.42 Å². The van der Waals surface area contributed by atoms with E-state index >= 15 is 0 Å². The number of hydrogen-bond acceptors (Lipinski definition) is 3. The minimum absolute atomic E-state index is 0.173. The van der Waals surface area contributed by atoms with Crippen molar-refractivity contribution in [3.8, 4) is 0 Å². The van der Waals surface area contributed by atoms with Crippen molar-refractivity contribution in [3.05, 3.63) is 101 Å². The maximum atomic E-state index is 12.4. The van der Waals surface area contributed by atoms with Crippen molar-refractivity contribution in [2.24, 2.45) is 5.10 Å². The molecule has 1 heterocycles. The van der Waals surface area contributed by atoms with Gasteiger partial charge in [0, 0.05) is 34.2 Å². The monoisotopic (exact) mass is 437 g/mol. The topological polar surface area (TPSA) is 63.5 Å². The highest BCUT2D eigenvalue weighted by molar-refractivity contribution is 7.89. The lowest BCUT2D eigenvalue weighted by atomic mass is 10.2. The number of para-hydroxylation sites is 1. The molecule has 4 rings (SSSR count). The highest BCUT2D eigenvalue weighted by Crippen LogP contribution is 2.23. The number of benzene rings is 3. The Morgan fingerprint density at radius 3 is 2.47 bits per heavy atom. The Morgan fingerprint density at radius 2 is 1.70 bits per heavy atom. The van der Waals surface area contributed by atoms with Gasteiger partial charge in [0.15, 0.2) is 0 Å². The van der Waals surface area contributed by atoms with E-state index in [0.29, 0.717) is 11.6 Å². The lowest BCUT2D eigenvalue weighted by molar-refractivity contribution is 0.584. The fourth-order valence-corrected chi connectivity index (χ4v) is 4.24. The van der Waals surface area contributed by atoms with Crippen LogP contribution in [0, 0.1) is 6.92 Å². The normalized spacial score (nSPS) is 11.9. The van der Waals surface area contributed by atoms with Crippen LogP contribution in [0.25, 0.3) is 10.9 Å². The average Bonchev–Trinajstić information content (AvgIpc) is 3.08. The minimum Gasteiger partial charge on any atom is -0.342 e. The van der Waals surface area contributed by atoms with Crippen molar-refractivity contribution >= 4 is 38.7 Å². The van der Waals surface area contributed by atoms with E-state index in [4.69, 9.17) is 11.6 Å². The predicted octanol–water partition coefficient (Wildman–Crippen LogP) is 4.96. The van der Waals surface area contributed by atoms with Crippen LogP contribution in [-0.4, -0.2) is 19.2 Å². The number of aryl methyl sites for hydroxylation is 1. The summed E-state index contributed by atoms with van der Waals surface area (Å²) in [4.78, 5) is 2.46. The molecule has 5 nitrogen and oxygen atoms in total. The van der Waals surface area contributed by atoms with Gasteiger partial charge in [-0.05, 0) is 36.8 Å². The molecule has 0 bridgehead atoms. The molecule has 152 valence electrons. The molecule has 0 fully saturated rings. The highest BCUT2D eigenvalue weighted by Gasteiger charge is 2.13. The van der Waals surface area contributed by atoms with E-state index in [1.165, 1.54) is 6.21 Å². The fourth-order valence-electron chi connectivity index (χ4n) is 3.25. The summed E-state index contributed by atoms with van der Waals surface area (Å²) in [5.41, 5.74) is 3.82. The van der Waals surface area contributed by atoms with Gasteiger partial charge in [0.25, 0.3) is 10.0 Å². The van der Waals surface area contributed by atoms with Crippen LogP contribution in [-0.2, 0) is 16.6 Å². The molecule has 0 saturated heterocycles. The number of hydrazone groups is 1. The Bertz CT molecular complexity index is 1330. The zero-order valence-electron chi connectivity index (χ0n) is 16.3. The van der Waals surface area contributed by atoms with Crippen LogP contribution in [0.5, 0.6) is 0 Å². The summed E-state index contributed by atoms with van der Waals surface area (Å²) in [7, 11) is -3.72. The van der Waals surface area contributed by atoms with E-state index in [2.05, 4.69) is 14.5 Å². The molecule has 0 atom stereocenters. The lowest BCUT2D eigenvalue weighted by Crippen LogP contribution is -2.18. The summed E-state index contributed by atoms with van der Waals surface area (Å²) >= 11 is 6.32. The van der Waals surface area contributed by atoms with E-state index in [1.54, 1.807) is 24.3 Å². The van der Waals surface area contributed by atoms with Crippen molar-refractivity contribution in [3.63, 3.8) is 0 Å². The summed E-state index contributed by atoms with van der Waals surface area (Å²) in [6.45, 7) is 2.50.